The van der Waals surface area contributed by atoms with Crippen molar-refractivity contribution >= 4 is 30.5 Å². The van der Waals surface area contributed by atoms with Crippen molar-refractivity contribution in [2.45, 2.75) is 102 Å². The highest BCUT2D eigenvalue weighted by atomic mass is 16.5. The second kappa shape index (κ2) is 19.4. The lowest BCUT2D eigenvalue weighted by Gasteiger charge is -2.50. The Hall–Kier alpha value is -3.03. The Labute approximate surface area is 267 Å². The Morgan fingerprint density at radius 1 is 0.727 bits per heavy atom. The molecule has 0 amide bonds. The standard InChI is InChI=1S/C12H18O3.C11H18O2.C10H16O2.C2H6.CH2O/c1-8(13)5-10-6-11(12(10,3)4)7-15-9(2)14;1-5-9-6-10(11(9,3)4)7-13-8(2)12;1-7-5-9(10(7,3)4)6-12-8(2)11;2*1-2/h5,11H,6-7H2,1-4H3;5,9-10H,1,6-7H2,2-4H3;9H,1,5-6H2,2-4H3;1-2H3;1H2. The van der Waals surface area contributed by atoms with Gasteiger partial charge in [-0.3, -0.25) is 19.2 Å². The van der Waals surface area contributed by atoms with E-state index >= 15 is 0 Å². The van der Waals surface area contributed by atoms with Crippen molar-refractivity contribution in [3.05, 3.63) is 36.5 Å². The van der Waals surface area contributed by atoms with Crippen LogP contribution in [-0.2, 0) is 38.2 Å². The molecule has 3 fully saturated rings. The van der Waals surface area contributed by atoms with Crippen LogP contribution in [0.4, 0.5) is 0 Å². The lowest BCUT2D eigenvalue weighted by Crippen LogP contribution is -2.46. The van der Waals surface area contributed by atoms with E-state index in [1.807, 2.05) is 26.7 Å². The molecule has 0 aromatic heterocycles. The first-order valence-electron chi connectivity index (χ1n) is 15.5. The predicted molar refractivity (Wildman–Crippen MR) is 176 cm³/mol. The molecule has 252 valence electrons. The second-order valence-electron chi connectivity index (χ2n) is 13.1. The maximum absolute atomic E-state index is 10.9. The SMILES string of the molecule is C=C1CC(COC(C)=O)C1(C)C.C=CC1CC(COC(C)=O)C1(C)C.C=O.CC.CC(=O)C=C1CC(COC(C)=O)C1(C)C. The fourth-order valence-corrected chi connectivity index (χ4v) is 5.31. The van der Waals surface area contributed by atoms with E-state index in [4.69, 9.17) is 19.0 Å². The summed E-state index contributed by atoms with van der Waals surface area (Å²) >= 11 is 0. The summed E-state index contributed by atoms with van der Waals surface area (Å²) in [6.45, 7) is 34.1. The highest BCUT2D eigenvalue weighted by Gasteiger charge is 2.47. The van der Waals surface area contributed by atoms with Gasteiger partial charge in [0.05, 0.1) is 19.8 Å². The summed E-state index contributed by atoms with van der Waals surface area (Å²) in [7, 11) is 0. The van der Waals surface area contributed by atoms with Crippen LogP contribution >= 0.6 is 0 Å². The smallest absolute Gasteiger partial charge is 0.302 e. The zero-order valence-electron chi connectivity index (χ0n) is 29.6. The van der Waals surface area contributed by atoms with Gasteiger partial charge in [0.25, 0.3) is 0 Å². The highest BCUT2D eigenvalue weighted by Crippen LogP contribution is 2.52. The van der Waals surface area contributed by atoms with E-state index in [9.17, 15) is 19.2 Å². The number of allylic oxidation sites excluding steroid dienone is 4. The fourth-order valence-electron chi connectivity index (χ4n) is 5.31. The van der Waals surface area contributed by atoms with E-state index in [1.54, 1.807) is 13.0 Å². The third kappa shape index (κ3) is 12.9. The van der Waals surface area contributed by atoms with Crippen molar-refractivity contribution in [3.8, 4) is 0 Å². The summed E-state index contributed by atoms with van der Waals surface area (Å²) in [5.41, 5.74) is 2.82. The van der Waals surface area contributed by atoms with Gasteiger partial charge in [0.15, 0.2) is 5.78 Å². The van der Waals surface area contributed by atoms with Gasteiger partial charge in [-0.05, 0) is 60.3 Å². The Morgan fingerprint density at radius 2 is 1.11 bits per heavy atom. The van der Waals surface area contributed by atoms with E-state index < -0.39 is 0 Å². The van der Waals surface area contributed by atoms with Crippen LogP contribution in [0.3, 0.4) is 0 Å². The number of hydrogen-bond acceptors (Lipinski definition) is 8. The summed E-state index contributed by atoms with van der Waals surface area (Å²) in [5, 5.41) is 0. The Morgan fingerprint density at radius 3 is 1.39 bits per heavy atom. The van der Waals surface area contributed by atoms with Crippen molar-refractivity contribution in [1.29, 1.82) is 0 Å². The molecule has 0 radical (unpaired) electrons. The first-order valence-corrected chi connectivity index (χ1v) is 15.5. The molecule has 0 bridgehead atoms. The minimum absolute atomic E-state index is 0.0128. The van der Waals surface area contributed by atoms with E-state index in [2.05, 4.69) is 54.7 Å². The normalized spacial score (nSPS) is 25.2. The maximum atomic E-state index is 10.9. The maximum Gasteiger partial charge on any atom is 0.302 e. The lowest BCUT2D eigenvalue weighted by molar-refractivity contribution is -0.148. The van der Waals surface area contributed by atoms with Gasteiger partial charge in [-0.25, -0.2) is 0 Å². The molecular weight excluding hydrogens is 560 g/mol. The molecule has 0 saturated heterocycles. The number of ether oxygens (including phenoxy) is 3. The first kappa shape index (κ1) is 43.1. The molecular formula is C36H60O8. The van der Waals surface area contributed by atoms with E-state index in [0.29, 0.717) is 43.5 Å². The number of rotatable bonds is 8. The monoisotopic (exact) mass is 620 g/mol. The molecule has 0 spiro atoms. The average Bonchev–Trinajstić information content (AvgIpc) is 2.94. The zero-order valence-corrected chi connectivity index (χ0v) is 29.6. The molecule has 4 unspecified atom stereocenters. The lowest BCUT2D eigenvalue weighted by atomic mass is 9.55. The van der Waals surface area contributed by atoms with Gasteiger partial charge in [0.1, 0.15) is 6.79 Å². The van der Waals surface area contributed by atoms with Gasteiger partial charge in [-0.2, -0.15) is 0 Å². The van der Waals surface area contributed by atoms with E-state index in [1.165, 1.54) is 26.3 Å². The van der Waals surface area contributed by atoms with E-state index in [0.717, 1.165) is 24.8 Å². The molecule has 4 atom stereocenters. The van der Waals surface area contributed by atoms with Gasteiger partial charge in [-0.1, -0.05) is 79.2 Å². The summed E-state index contributed by atoms with van der Waals surface area (Å²) < 4.78 is 14.9. The van der Waals surface area contributed by atoms with Crippen LogP contribution in [0.15, 0.2) is 36.5 Å². The summed E-state index contributed by atoms with van der Waals surface area (Å²) in [6.07, 6.45) is 6.67. The number of carbonyl (C=O) groups is 5. The quantitative estimate of drug-likeness (QED) is 0.119. The molecule has 3 rings (SSSR count). The van der Waals surface area contributed by atoms with Crippen LogP contribution in [0.2, 0.25) is 0 Å². The Bertz CT molecular complexity index is 1020. The molecule has 3 aliphatic carbocycles. The molecule has 3 saturated carbocycles. The first-order chi connectivity index (χ1) is 20.3. The largest absolute Gasteiger partial charge is 0.466 e. The molecule has 0 aliphatic heterocycles. The molecule has 8 nitrogen and oxygen atoms in total. The van der Waals surface area contributed by atoms with Gasteiger partial charge >= 0.3 is 17.9 Å². The molecule has 44 heavy (non-hydrogen) atoms. The number of hydrogen-bond donors (Lipinski definition) is 0. The van der Waals surface area contributed by atoms with Gasteiger partial charge in [-0.15, -0.1) is 6.58 Å². The van der Waals surface area contributed by atoms with Gasteiger partial charge < -0.3 is 19.0 Å². The molecule has 0 N–H and O–H groups in total. The minimum atomic E-state index is -0.241. The highest BCUT2D eigenvalue weighted by molar-refractivity contribution is 5.88. The topological polar surface area (TPSA) is 113 Å². The Balaban J connectivity index is 0. The predicted octanol–water partition coefficient (Wildman–Crippen LogP) is 7.50. The fraction of sp³-hybridized carbons (Fsp3) is 0.694. The summed E-state index contributed by atoms with van der Waals surface area (Å²) in [4.78, 5) is 50.8. The van der Waals surface area contributed by atoms with Gasteiger partial charge in [0, 0.05) is 32.6 Å². The minimum Gasteiger partial charge on any atom is -0.466 e. The molecule has 8 heteroatoms. The summed E-state index contributed by atoms with van der Waals surface area (Å²) in [5.74, 6) is 1.35. The zero-order chi connectivity index (χ0) is 35.1. The van der Waals surface area contributed by atoms with Crippen LogP contribution in [0.25, 0.3) is 0 Å². The van der Waals surface area contributed by atoms with Gasteiger partial charge in [0.2, 0.25) is 0 Å². The van der Waals surface area contributed by atoms with Crippen LogP contribution in [0, 0.1) is 39.9 Å². The number of carbonyl (C=O) groups excluding carboxylic acids is 5. The van der Waals surface area contributed by atoms with Crippen LogP contribution in [-0.4, -0.2) is 50.3 Å². The average molecular weight is 621 g/mol. The van der Waals surface area contributed by atoms with Crippen molar-refractivity contribution < 1.29 is 38.2 Å². The Kier molecular flexibility index (Phi) is 19.0. The van der Waals surface area contributed by atoms with E-state index in [-0.39, 0.29) is 39.9 Å². The van der Waals surface area contributed by atoms with Crippen molar-refractivity contribution in [3.63, 3.8) is 0 Å². The van der Waals surface area contributed by atoms with Crippen molar-refractivity contribution in [2.75, 3.05) is 19.8 Å². The van der Waals surface area contributed by atoms with Crippen LogP contribution in [0.5, 0.6) is 0 Å². The molecule has 0 heterocycles. The molecule has 0 aromatic rings. The molecule has 0 aromatic carbocycles. The van der Waals surface area contributed by atoms with Crippen molar-refractivity contribution in [1.82, 2.24) is 0 Å². The van der Waals surface area contributed by atoms with Crippen LogP contribution in [0.1, 0.15) is 102 Å². The van der Waals surface area contributed by atoms with Crippen LogP contribution < -0.4 is 0 Å². The second-order valence-corrected chi connectivity index (χ2v) is 13.1. The number of esters is 3. The third-order valence-electron chi connectivity index (χ3n) is 9.41. The number of ketones is 1. The van der Waals surface area contributed by atoms with Crippen molar-refractivity contribution in [2.24, 2.45) is 39.9 Å². The third-order valence-corrected chi connectivity index (χ3v) is 9.41. The summed E-state index contributed by atoms with van der Waals surface area (Å²) in [6, 6.07) is 0. The molecule has 3 aliphatic rings.